The van der Waals surface area contributed by atoms with Gasteiger partial charge in [-0.3, -0.25) is 0 Å². The molecule has 2 N–H and O–H groups in total. The minimum Gasteiger partial charge on any atom is -0.355 e. The Bertz CT molecular complexity index is 1970. The number of nitrogens with one attached hydrogen (secondary N) is 2. The summed E-state index contributed by atoms with van der Waals surface area (Å²) in [7, 11) is 0. The SMILES string of the molecule is c1ccc(N=c2cc3n(-c4ccccc4)c4cc(Nc5ccccc5)ccc4nc-3cc2Nc2ccccc2)cc1. The molecule has 0 unspecified atom stereocenters. The molecule has 1 aliphatic carbocycles. The summed E-state index contributed by atoms with van der Waals surface area (Å²) in [6, 6.07) is 51.4. The highest BCUT2D eigenvalue weighted by atomic mass is 15.0. The zero-order valence-electron chi connectivity index (χ0n) is 22.3. The van der Waals surface area contributed by atoms with Gasteiger partial charge in [0.15, 0.2) is 0 Å². The van der Waals surface area contributed by atoms with E-state index in [0.717, 1.165) is 61.9 Å². The summed E-state index contributed by atoms with van der Waals surface area (Å²) in [6.07, 6.45) is 0. The van der Waals surface area contributed by atoms with Crippen molar-refractivity contribution in [3.63, 3.8) is 0 Å². The lowest BCUT2D eigenvalue weighted by Crippen LogP contribution is -2.14. The lowest BCUT2D eigenvalue weighted by molar-refractivity contribution is 1.07. The molecule has 5 aromatic rings. The molecule has 0 fully saturated rings. The fourth-order valence-electron chi connectivity index (χ4n) is 5.02. The van der Waals surface area contributed by atoms with E-state index < -0.39 is 0 Å². The van der Waals surface area contributed by atoms with E-state index in [4.69, 9.17) is 9.98 Å². The van der Waals surface area contributed by atoms with Crippen molar-refractivity contribution in [3.05, 3.63) is 157 Å². The Morgan fingerprint density at radius 1 is 0.537 bits per heavy atom. The molecule has 1 aliphatic heterocycles. The molecule has 196 valence electrons. The quantitative estimate of drug-likeness (QED) is 0.212. The highest BCUT2D eigenvalue weighted by Crippen LogP contribution is 2.32. The molecule has 2 aliphatic rings. The summed E-state index contributed by atoms with van der Waals surface area (Å²) >= 11 is 0. The average Bonchev–Trinajstić information content (AvgIpc) is 3.02. The fraction of sp³-hybridized carbons (Fsp3) is 0. The van der Waals surface area contributed by atoms with Crippen molar-refractivity contribution in [1.29, 1.82) is 0 Å². The van der Waals surface area contributed by atoms with Crippen LogP contribution in [0.2, 0.25) is 0 Å². The Morgan fingerprint density at radius 2 is 1.15 bits per heavy atom. The van der Waals surface area contributed by atoms with Gasteiger partial charge in [-0.1, -0.05) is 72.8 Å². The van der Waals surface area contributed by atoms with Gasteiger partial charge < -0.3 is 15.2 Å². The maximum absolute atomic E-state index is 5.13. The molecular formula is C36H27N5. The Kier molecular flexibility index (Phi) is 6.44. The molecule has 5 heteroatoms. The number of nitrogens with zero attached hydrogens (tertiary/aromatic N) is 3. The standard InChI is InChI=1S/C36H27N5/c1-5-13-26(14-6-1)37-29-21-22-31-35(23-29)41(30-19-11-4-12-20-30)36-25-33(39-28-17-9-3-10-18-28)32(24-34(36)40-31)38-27-15-7-2-8-16-27/h1-25,37-38H. The Balaban J connectivity index is 1.49. The van der Waals surface area contributed by atoms with E-state index in [1.54, 1.807) is 0 Å². The smallest absolute Gasteiger partial charge is 0.0900 e. The van der Waals surface area contributed by atoms with Gasteiger partial charge in [-0.25, -0.2) is 9.98 Å². The first-order chi connectivity index (χ1) is 20.3. The van der Waals surface area contributed by atoms with E-state index >= 15 is 0 Å². The molecule has 0 spiro atoms. The van der Waals surface area contributed by atoms with Crippen LogP contribution in [0.4, 0.5) is 28.4 Å². The largest absolute Gasteiger partial charge is 0.355 e. The average molecular weight is 530 g/mol. The van der Waals surface area contributed by atoms with Crippen LogP contribution in [0.1, 0.15) is 0 Å². The summed E-state index contributed by atoms with van der Waals surface area (Å²) in [5.74, 6) is 0. The van der Waals surface area contributed by atoms with Crippen LogP contribution < -0.4 is 16.0 Å². The van der Waals surface area contributed by atoms with E-state index in [1.165, 1.54) is 0 Å². The van der Waals surface area contributed by atoms with Crippen LogP contribution >= 0.6 is 0 Å². The van der Waals surface area contributed by atoms with Crippen LogP contribution in [0.25, 0.3) is 28.1 Å². The van der Waals surface area contributed by atoms with Crippen molar-refractivity contribution in [2.45, 2.75) is 0 Å². The zero-order chi connectivity index (χ0) is 27.4. The second-order valence-corrected chi connectivity index (χ2v) is 9.77. The Hall–Kier alpha value is -5.68. The van der Waals surface area contributed by atoms with Crippen LogP contribution in [0.3, 0.4) is 0 Å². The number of para-hydroxylation sites is 4. The van der Waals surface area contributed by atoms with E-state index in [0.29, 0.717) is 0 Å². The predicted molar refractivity (Wildman–Crippen MR) is 169 cm³/mol. The third-order valence-electron chi connectivity index (χ3n) is 6.93. The molecule has 1 heterocycles. The maximum Gasteiger partial charge on any atom is 0.0900 e. The minimum absolute atomic E-state index is 0.831. The molecular weight excluding hydrogens is 502 g/mol. The third kappa shape index (κ3) is 5.16. The second-order valence-electron chi connectivity index (χ2n) is 9.77. The van der Waals surface area contributed by atoms with Gasteiger partial charge >= 0.3 is 0 Å². The van der Waals surface area contributed by atoms with Gasteiger partial charge in [0.25, 0.3) is 0 Å². The molecule has 0 atom stereocenters. The Labute approximate surface area is 238 Å². The van der Waals surface area contributed by atoms with Crippen molar-refractivity contribution >= 4 is 39.5 Å². The third-order valence-corrected chi connectivity index (χ3v) is 6.93. The molecule has 0 radical (unpaired) electrons. The van der Waals surface area contributed by atoms with Crippen LogP contribution in [-0.2, 0) is 0 Å². The zero-order valence-corrected chi connectivity index (χ0v) is 22.3. The predicted octanol–water partition coefficient (Wildman–Crippen LogP) is 8.85. The highest BCUT2D eigenvalue weighted by Gasteiger charge is 2.17. The molecule has 0 amide bonds. The molecule has 7 rings (SSSR count). The number of benzene rings is 6. The molecule has 5 aromatic carbocycles. The first-order valence-electron chi connectivity index (χ1n) is 13.6. The molecule has 0 aromatic heterocycles. The minimum atomic E-state index is 0.831. The van der Waals surface area contributed by atoms with Crippen molar-refractivity contribution < 1.29 is 0 Å². The number of aromatic nitrogens is 2. The second kappa shape index (κ2) is 10.8. The van der Waals surface area contributed by atoms with Gasteiger partial charge in [-0.15, -0.1) is 0 Å². The monoisotopic (exact) mass is 529 g/mol. The van der Waals surface area contributed by atoms with Gasteiger partial charge in [0.1, 0.15) is 0 Å². The topological polar surface area (TPSA) is 54.2 Å². The van der Waals surface area contributed by atoms with Crippen LogP contribution in [-0.4, -0.2) is 9.55 Å². The van der Waals surface area contributed by atoms with Crippen molar-refractivity contribution in [3.8, 4) is 17.1 Å². The Morgan fingerprint density at radius 3 is 1.83 bits per heavy atom. The first kappa shape index (κ1) is 24.4. The van der Waals surface area contributed by atoms with Crippen molar-refractivity contribution in [2.24, 2.45) is 4.99 Å². The summed E-state index contributed by atoms with van der Waals surface area (Å²) in [4.78, 5) is 10.2. The normalized spacial score (nSPS) is 11.6. The lowest BCUT2D eigenvalue weighted by Gasteiger charge is -2.21. The van der Waals surface area contributed by atoms with E-state index in [-0.39, 0.29) is 0 Å². The molecule has 41 heavy (non-hydrogen) atoms. The van der Waals surface area contributed by atoms with Crippen molar-refractivity contribution in [1.82, 2.24) is 9.55 Å². The van der Waals surface area contributed by atoms with Gasteiger partial charge in [0.2, 0.25) is 0 Å². The number of fused-ring (bicyclic) bond motifs is 2. The summed E-state index contributed by atoms with van der Waals surface area (Å²) in [5.41, 5.74) is 9.58. The van der Waals surface area contributed by atoms with Crippen LogP contribution in [0.5, 0.6) is 0 Å². The molecule has 5 nitrogen and oxygen atoms in total. The van der Waals surface area contributed by atoms with E-state index in [2.05, 4.69) is 94.1 Å². The van der Waals surface area contributed by atoms with Crippen molar-refractivity contribution in [2.75, 3.05) is 10.6 Å². The number of rotatable bonds is 6. The van der Waals surface area contributed by atoms with Crippen LogP contribution in [0, 0.1) is 0 Å². The van der Waals surface area contributed by atoms with Gasteiger partial charge in [0.05, 0.1) is 39.2 Å². The fourth-order valence-corrected chi connectivity index (χ4v) is 5.02. The number of hydrogen-bond donors (Lipinski definition) is 2. The van der Waals surface area contributed by atoms with E-state index in [1.807, 2.05) is 72.8 Å². The summed E-state index contributed by atoms with van der Waals surface area (Å²) < 4.78 is 2.27. The van der Waals surface area contributed by atoms with Gasteiger partial charge in [-0.2, -0.15) is 0 Å². The highest BCUT2D eigenvalue weighted by molar-refractivity contribution is 5.87. The molecule has 0 saturated heterocycles. The molecule has 0 saturated carbocycles. The van der Waals surface area contributed by atoms with Gasteiger partial charge in [0, 0.05) is 22.7 Å². The summed E-state index contributed by atoms with van der Waals surface area (Å²) in [6.45, 7) is 0. The molecule has 0 bridgehead atoms. The summed E-state index contributed by atoms with van der Waals surface area (Å²) in [5, 5.41) is 7.94. The van der Waals surface area contributed by atoms with Gasteiger partial charge in [-0.05, 0) is 78.9 Å². The lowest BCUT2D eigenvalue weighted by atomic mass is 10.1. The number of hydrogen-bond acceptors (Lipinski definition) is 4. The first-order valence-corrected chi connectivity index (χ1v) is 13.6. The van der Waals surface area contributed by atoms with E-state index in [9.17, 15) is 0 Å². The number of anilines is 4. The van der Waals surface area contributed by atoms with Crippen LogP contribution in [0.15, 0.2) is 157 Å². The maximum atomic E-state index is 5.13.